The van der Waals surface area contributed by atoms with Crippen molar-refractivity contribution in [2.24, 2.45) is 4.90 Å². The van der Waals surface area contributed by atoms with E-state index in [2.05, 4.69) is 9.71 Å². The second-order valence-corrected chi connectivity index (χ2v) is 1.50. The third kappa shape index (κ3) is 0.586. The van der Waals surface area contributed by atoms with Crippen LogP contribution in [0.25, 0.3) is 0 Å². The molecular weight excluding hydrogens is 74.9 g/mol. The predicted molar refractivity (Wildman–Crippen MR) is 25.7 cm³/mol. The van der Waals surface area contributed by atoms with Gasteiger partial charge in [-0.1, -0.05) is 0 Å². The molecule has 0 radical (unpaired) electrons. The van der Waals surface area contributed by atoms with Gasteiger partial charge in [-0.2, -0.15) is 0 Å². The first-order valence-corrected chi connectivity index (χ1v) is 2.10. The molecule has 0 bridgehead atoms. The molecule has 1 aliphatic rings. The zero-order valence-electron chi connectivity index (χ0n) is 3.89. The van der Waals surface area contributed by atoms with Crippen LogP contribution in [0.4, 0.5) is 0 Å². The van der Waals surface area contributed by atoms with E-state index < -0.39 is 0 Å². The fourth-order valence-corrected chi connectivity index (χ4v) is 0.470. The Morgan fingerprint density at radius 2 is 2.67 bits per heavy atom. The van der Waals surface area contributed by atoms with Crippen molar-refractivity contribution in [2.75, 3.05) is 20.1 Å². The van der Waals surface area contributed by atoms with Crippen molar-refractivity contribution in [3.05, 3.63) is 0 Å². The Hall–Kier alpha value is -0.335. The Bertz CT molecular complexity index is 71.2. The van der Waals surface area contributed by atoms with Crippen molar-refractivity contribution in [2.45, 2.75) is 0 Å². The van der Waals surface area contributed by atoms with Gasteiger partial charge in [-0.25, -0.2) is 0 Å². The zero-order chi connectivity index (χ0) is 4.41. The molecule has 0 atom stereocenters. The fourth-order valence-electron chi connectivity index (χ4n) is 0.470. The van der Waals surface area contributed by atoms with Gasteiger partial charge in [0.1, 0.15) is 0 Å². The molecule has 3 heteroatoms. The molecule has 1 rings (SSSR count). The monoisotopic (exact) mass is 82.1 g/mol. The van der Waals surface area contributed by atoms with E-state index in [1.807, 2.05) is 14.3 Å². The normalized spacial score (nSPS) is 18.5. The predicted octanol–water partition coefficient (Wildman–Crippen LogP) is -0.265. The number of rotatable bonds is 0. The third-order valence-corrected chi connectivity index (χ3v) is 0.861. The van der Waals surface area contributed by atoms with E-state index in [1.165, 1.54) is 0 Å². The van der Waals surface area contributed by atoms with E-state index in [0.717, 1.165) is 13.1 Å². The van der Waals surface area contributed by atoms with Crippen LogP contribution < -0.4 is 0 Å². The van der Waals surface area contributed by atoms with Crippen LogP contribution in [0.2, 0.25) is 0 Å². The third-order valence-electron chi connectivity index (χ3n) is 0.861. The summed E-state index contributed by atoms with van der Waals surface area (Å²) in [6.45, 7) is 2.08. The SMILES string of the molecule is CN1B=NCC1. The summed E-state index contributed by atoms with van der Waals surface area (Å²) in [4.78, 5) is 6.03. The summed E-state index contributed by atoms with van der Waals surface area (Å²) in [5, 5.41) is 0. The van der Waals surface area contributed by atoms with Crippen molar-refractivity contribution >= 4 is 7.21 Å². The summed E-state index contributed by atoms with van der Waals surface area (Å²) in [5.41, 5.74) is 0. The van der Waals surface area contributed by atoms with Crippen molar-refractivity contribution in [1.29, 1.82) is 0 Å². The quantitative estimate of drug-likeness (QED) is 0.367. The number of hydrogen-bond acceptors (Lipinski definition) is 2. The standard InChI is InChI=1S/C3H7BN2/c1-6-3-2-5-4-6/h2-3H2,1H3. The molecule has 2 nitrogen and oxygen atoms in total. The summed E-state index contributed by atoms with van der Waals surface area (Å²) < 4.78 is 0. The second-order valence-electron chi connectivity index (χ2n) is 1.50. The van der Waals surface area contributed by atoms with Crippen LogP contribution in [0.3, 0.4) is 0 Å². The average Bonchev–Trinajstić information content (AvgIpc) is 1.86. The van der Waals surface area contributed by atoms with Crippen LogP contribution in [-0.2, 0) is 0 Å². The van der Waals surface area contributed by atoms with Crippen LogP contribution in [0.1, 0.15) is 0 Å². The van der Waals surface area contributed by atoms with Crippen molar-refractivity contribution in [1.82, 2.24) is 4.81 Å². The van der Waals surface area contributed by atoms with Gasteiger partial charge >= 0.3 is 37.1 Å². The topological polar surface area (TPSA) is 15.6 Å². The number of nitrogens with zero attached hydrogens (tertiary/aromatic N) is 2. The van der Waals surface area contributed by atoms with Crippen LogP contribution in [-0.4, -0.2) is 32.2 Å². The molecule has 1 heterocycles. The summed E-state index contributed by atoms with van der Waals surface area (Å²) in [6.07, 6.45) is 0. The van der Waals surface area contributed by atoms with E-state index in [4.69, 9.17) is 0 Å². The minimum atomic E-state index is 0.983. The molecular formula is C3H7BN2. The van der Waals surface area contributed by atoms with Crippen LogP contribution in [0.5, 0.6) is 0 Å². The molecule has 0 N–H and O–H groups in total. The Morgan fingerprint density at radius 3 is 2.83 bits per heavy atom. The zero-order valence-corrected chi connectivity index (χ0v) is 3.89. The van der Waals surface area contributed by atoms with Gasteiger partial charge in [0.15, 0.2) is 0 Å². The molecule has 6 heavy (non-hydrogen) atoms. The first kappa shape index (κ1) is 3.84. The number of hydrogen-bond donors (Lipinski definition) is 0. The molecule has 0 amide bonds. The van der Waals surface area contributed by atoms with Crippen molar-refractivity contribution in [3.8, 4) is 0 Å². The fraction of sp³-hybridized carbons (Fsp3) is 1.00. The van der Waals surface area contributed by atoms with Gasteiger partial charge < -0.3 is 0 Å². The first-order chi connectivity index (χ1) is 2.89. The molecule has 0 aromatic heterocycles. The Balaban J connectivity index is 2.38. The van der Waals surface area contributed by atoms with Crippen LogP contribution in [0, 0.1) is 0 Å². The van der Waals surface area contributed by atoms with Gasteiger partial charge in [0, 0.05) is 0 Å². The van der Waals surface area contributed by atoms with E-state index in [1.54, 1.807) is 0 Å². The maximum absolute atomic E-state index is 3.97. The molecule has 0 fully saturated rings. The molecule has 0 aromatic carbocycles. The molecule has 0 saturated heterocycles. The molecule has 32 valence electrons. The molecule has 0 spiro atoms. The van der Waals surface area contributed by atoms with Gasteiger partial charge in [-0.15, -0.1) is 0 Å². The van der Waals surface area contributed by atoms with Gasteiger partial charge in [-0.3, -0.25) is 0 Å². The van der Waals surface area contributed by atoms with E-state index >= 15 is 0 Å². The van der Waals surface area contributed by atoms with E-state index in [9.17, 15) is 0 Å². The molecule has 0 unspecified atom stereocenters. The Morgan fingerprint density at radius 1 is 1.83 bits per heavy atom. The van der Waals surface area contributed by atoms with Crippen molar-refractivity contribution < 1.29 is 0 Å². The molecule has 0 aliphatic carbocycles. The van der Waals surface area contributed by atoms with E-state index in [-0.39, 0.29) is 0 Å². The summed E-state index contributed by atoms with van der Waals surface area (Å²) in [7, 11) is 3.89. The molecule has 0 saturated carbocycles. The van der Waals surface area contributed by atoms with Gasteiger partial charge in [0.05, 0.1) is 0 Å². The molecule has 0 aromatic rings. The Labute approximate surface area is 38.1 Å². The molecule has 1 aliphatic heterocycles. The Kier molecular flexibility index (Phi) is 0.903. The van der Waals surface area contributed by atoms with Gasteiger partial charge in [-0.05, 0) is 0 Å². The van der Waals surface area contributed by atoms with Gasteiger partial charge in [0.25, 0.3) is 0 Å². The number of likely N-dealkylation sites (N-methyl/N-ethyl adjacent to an activating group) is 1. The average molecular weight is 81.9 g/mol. The van der Waals surface area contributed by atoms with Gasteiger partial charge in [0.2, 0.25) is 0 Å². The second kappa shape index (κ2) is 1.41. The van der Waals surface area contributed by atoms with E-state index in [0.29, 0.717) is 0 Å². The minimum absolute atomic E-state index is 0.983. The van der Waals surface area contributed by atoms with Crippen molar-refractivity contribution in [3.63, 3.8) is 0 Å². The maximum atomic E-state index is 3.97. The summed E-state index contributed by atoms with van der Waals surface area (Å²) in [6, 6.07) is 0. The summed E-state index contributed by atoms with van der Waals surface area (Å²) in [5.74, 6) is 0. The van der Waals surface area contributed by atoms with Crippen LogP contribution in [0.15, 0.2) is 4.90 Å². The first-order valence-electron chi connectivity index (χ1n) is 2.10. The summed E-state index contributed by atoms with van der Waals surface area (Å²) >= 11 is 0. The van der Waals surface area contributed by atoms with Crippen LogP contribution >= 0.6 is 0 Å².